The number of piperidine rings is 1. The second-order valence-electron chi connectivity index (χ2n) is 6.24. The van der Waals surface area contributed by atoms with Gasteiger partial charge in [-0.05, 0) is 38.3 Å². The van der Waals surface area contributed by atoms with Gasteiger partial charge in [0.05, 0.1) is 6.10 Å². The monoisotopic (exact) mass is 339 g/mol. The van der Waals surface area contributed by atoms with E-state index in [-0.39, 0.29) is 23.9 Å². The molecule has 3 rings (SSSR count). The van der Waals surface area contributed by atoms with Crippen LogP contribution in [0.3, 0.4) is 0 Å². The predicted octanol–water partition coefficient (Wildman–Crippen LogP) is 2.76. The summed E-state index contributed by atoms with van der Waals surface area (Å²) in [5, 5.41) is 13.6. The molecule has 1 aromatic rings. The minimum Gasteiger partial charge on any atom is -0.393 e. The van der Waals surface area contributed by atoms with E-state index in [0.29, 0.717) is 17.1 Å². The van der Waals surface area contributed by atoms with Crippen LogP contribution in [-0.2, 0) is 0 Å². The summed E-state index contributed by atoms with van der Waals surface area (Å²) in [6, 6.07) is 5.00. The minimum absolute atomic E-state index is 0.0983. The van der Waals surface area contributed by atoms with Crippen molar-refractivity contribution in [3.8, 4) is 0 Å². The molecule has 1 saturated heterocycles. The van der Waals surface area contributed by atoms with Crippen molar-refractivity contribution in [2.75, 3.05) is 19.6 Å². The van der Waals surface area contributed by atoms with Gasteiger partial charge in [0.1, 0.15) is 5.82 Å². The highest BCUT2D eigenvalue weighted by molar-refractivity contribution is 6.31. The van der Waals surface area contributed by atoms with Crippen LogP contribution in [0.15, 0.2) is 23.2 Å². The van der Waals surface area contributed by atoms with Crippen molar-refractivity contribution in [3.05, 3.63) is 34.6 Å². The third kappa shape index (κ3) is 3.78. The Balaban J connectivity index is 1.65. The molecule has 2 N–H and O–H groups in total. The largest absolute Gasteiger partial charge is 0.393 e. The van der Waals surface area contributed by atoms with E-state index >= 15 is 0 Å². The summed E-state index contributed by atoms with van der Waals surface area (Å²) in [5.74, 6) is 0.724. The standard InChI is InChI=1S/C17H23ClFN3O/c1-2-20-17(22-8-6-11(23)7-9-22)21-15-10-12(15)16-13(18)4-3-5-14(16)19/h3-5,11-12,15,23H,2,6-10H2,1H3,(H,20,21). The number of aliphatic imine (C=N–C) groups is 1. The highest BCUT2D eigenvalue weighted by atomic mass is 35.5. The summed E-state index contributed by atoms with van der Waals surface area (Å²) in [7, 11) is 0. The summed E-state index contributed by atoms with van der Waals surface area (Å²) in [6.45, 7) is 4.29. The zero-order chi connectivity index (χ0) is 16.4. The van der Waals surface area contributed by atoms with Crippen LogP contribution in [0.2, 0.25) is 5.02 Å². The van der Waals surface area contributed by atoms with Crippen LogP contribution in [0, 0.1) is 5.82 Å². The maximum Gasteiger partial charge on any atom is 0.194 e. The van der Waals surface area contributed by atoms with Gasteiger partial charge in [0.2, 0.25) is 0 Å². The Labute approximate surface area is 141 Å². The summed E-state index contributed by atoms with van der Waals surface area (Å²) >= 11 is 6.16. The van der Waals surface area contributed by atoms with Crippen molar-refractivity contribution < 1.29 is 9.50 Å². The van der Waals surface area contributed by atoms with Crippen LogP contribution in [0.25, 0.3) is 0 Å². The Morgan fingerprint density at radius 2 is 2.17 bits per heavy atom. The number of aliphatic hydroxyl groups excluding tert-OH is 1. The summed E-state index contributed by atoms with van der Waals surface area (Å²) in [6.07, 6.45) is 2.18. The van der Waals surface area contributed by atoms with E-state index in [0.717, 1.165) is 38.3 Å². The third-order valence-corrected chi connectivity index (χ3v) is 4.88. The lowest BCUT2D eigenvalue weighted by Gasteiger charge is -2.32. The first-order valence-electron chi connectivity index (χ1n) is 8.28. The second kappa shape index (κ2) is 7.05. The molecule has 1 heterocycles. The quantitative estimate of drug-likeness (QED) is 0.657. The van der Waals surface area contributed by atoms with E-state index < -0.39 is 0 Å². The molecule has 1 saturated carbocycles. The van der Waals surface area contributed by atoms with Crippen molar-refractivity contribution in [1.82, 2.24) is 10.2 Å². The van der Waals surface area contributed by atoms with E-state index in [1.807, 2.05) is 6.92 Å². The Bertz CT molecular complexity index is 567. The second-order valence-corrected chi connectivity index (χ2v) is 6.65. The maximum absolute atomic E-state index is 14.0. The fraction of sp³-hybridized carbons (Fsp3) is 0.588. The van der Waals surface area contributed by atoms with E-state index in [9.17, 15) is 9.50 Å². The van der Waals surface area contributed by atoms with Crippen LogP contribution in [-0.4, -0.2) is 47.7 Å². The van der Waals surface area contributed by atoms with Crippen molar-refractivity contribution >= 4 is 17.6 Å². The van der Waals surface area contributed by atoms with Crippen molar-refractivity contribution in [2.24, 2.45) is 4.99 Å². The third-order valence-electron chi connectivity index (χ3n) is 4.55. The minimum atomic E-state index is -0.234. The molecule has 2 fully saturated rings. The normalized spacial score (nSPS) is 25.6. The van der Waals surface area contributed by atoms with E-state index in [1.54, 1.807) is 12.1 Å². The van der Waals surface area contributed by atoms with Crippen LogP contribution in [0.4, 0.5) is 4.39 Å². The molecule has 2 atom stereocenters. The molecule has 0 radical (unpaired) electrons. The highest BCUT2D eigenvalue weighted by Crippen LogP contribution is 2.45. The van der Waals surface area contributed by atoms with Crippen LogP contribution in [0.5, 0.6) is 0 Å². The predicted molar refractivity (Wildman–Crippen MR) is 90.5 cm³/mol. The fourth-order valence-electron chi connectivity index (χ4n) is 3.17. The number of nitrogens with one attached hydrogen (secondary N) is 1. The zero-order valence-corrected chi connectivity index (χ0v) is 14.1. The van der Waals surface area contributed by atoms with Gasteiger partial charge in [0.15, 0.2) is 5.96 Å². The Morgan fingerprint density at radius 1 is 1.43 bits per heavy atom. The van der Waals surface area contributed by atoms with Gasteiger partial charge in [-0.2, -0.15) is 0 Å². The van der Waals surface area contributed by atoms with Crippen molar-refractivity contribution in [2.45, 2.75) is 44.2 Å². The van der Waals surface area contributed by atoms with Crippen LogP contribution >= 0.6 is 11.6 Å². The molecular weight excluding hydrogens is 317 g/mol. The summed E-state index contributed by atoms with van der Waals surface area (Å²) in [5.41, 5.74) is 0.608. The zero-order valence-electron chi connectivity index (χ0n) is 13.3. The molecule has 23 heavy (non-hydrogen) atoms. The number of nitrogens with zero attached hydrogens (tertiary/aromatic N) is 2. The van der Waals surface area contributed by atoms with Gasteiger partial charge in [-0.3, -0.25) is 4.99 Å². The molecule has 1 aliphatic carbocycles. The molecular formula is C17H23ClFN3O. The van der Waals surface area contributed by atoms with E-state index in [4.69, 9.17) is 11.6 Å². The van der Waals surface area contributed by atoms with E-state index in [2.05, 4.69) is 15.2 Å². The molecule has 4 nitrogen and oxygen atoms in total. The Kier molecular flexibility index (Phi) is 5.07. The van der Waals surface area contributed by atoms with Gasteiger partial charge in [-0.25, -0.2) is 4.39 Å². The molecule has 6 heteroatoms. The molecule has 126 valence electrons. The Morgan fingerprint density at radius 3 is 2.83 bits per heavy atom. The first kappa shape index (κ1) is 16.5. The number of aliphatic hydroxyl groups is 1. The summed E-state index contributed by atoms with van der Waals surface area (Å²) < 4.78 is 14.0. The van der Waals surface area contributed by atoms with Crippen molar-refractivity contribution in [1.29, 1.82) is 0 Å². The molecule has 0 spiro atoms. The number of rotatable bonds is 3. The van der Waals surface area contributed by atoms with Gasteiger partial charge in [0.25, 0.3) is 0 Å². The fourth-order valence-corrected chi connectivity index (χ4v) is 3.47. The lowest BCUT2D eigenvalue weighted by atomic mass is 10.1. The number of likely N-dealkylation sites (tertiary alicyclic amines) is 1. The van der Waals surface area contributed by atoms with Crippen LogP contribution in [0.1, 0.15) is 37.7 Å². The van der Waals surface area contributed by atoms with Gasteiger partial charge < -0.3 is 15.3 Å². The van der Waals surface area contributed by atoms with Crippen molar-refractivity contribution in [3.63, 3.8) is 0 Å². The average Bonchev–Trinajstić information content (AvgIpc) is 3.26. The number of halogens is 2. The van der Waals surface area contributed by atoms with Gasteiger partial charge in [-0.1, -0.05) is 17.7 Å². The number of hydrogen-bond acceptors (Lipinski definition) is 2. The average molecular weight is 340 g/mol. The SMILES string of the molecule is CCN=C(NC1CC1c1c(F)cccc1Cl)N1CCC(O)CC1. The van der Waals surface area contributed by atoms with Crippen LogP contribution < -0.4 is 5.32 Å². The molecule has 0 aromatic heterocycles. The number of hydrogen-bond donors (Lipinski definition) is 2. The summed E-state index contributed by atoms with van der Waals surface area (Å²) in [4.78, 5) is 6.72. The molecule has 2 aliphatic rings. The highest BCUT2D eigenvalue weighted by Gasteiger charge is 2.42. The van der Waals surface area contributed by atoms with Gasteiger partial charge in [-0.15, -0.1) is 0 Å². The molecule has 2 unspecified atom stereocenters. The Hall–Kier alpha value is -1.33. The first-order chi connectivity index (χ1) is 11.1. The smallest absolute Gasteiger partial charge is 0.194 e. The lowest BCUT2D eigenvalue weighted by molar-refractivity contribution is 0.108. The number of guanidine groups is 1. The molecule has 0 amide bonds. The maximum atomic E-state index is 14.0. The van der Waals surface area contributed by atoms with Gasteiger partial charge >= 0.3 is 0 Å². The number of benzene rings is 1. The van der Waals surface area contributed by atoms with E-state index in [1.165, 1.54) is 6.07 Å². The molecule has 1 aliphatic heterocycles. The topological polar surface area (TPSA) is 47.9 Å². The molecule has 1 aromatic carbocycles. The molecule has 0 bridgehead atoms. The lowest BCUT2D eigenvalue weighted by Crippen LogP contribution is -2.47. The first-order valence-corrected chi connectivity index (χ1v) is 8.65. The van der Waals surface area contributed by atoms with Gasteiger partial charge in [0, 0.05) is 42.2 Å².